The number of H-pyrrole nitrogens is 1. The number of aromatic nitrogens is 2. The summed E-state index contributed by atoms with van der Waals surface area (Å²) < 4.78 is 17.8. The number of aromatic amines is 1. The fraction of sp³-hybridized carbons (Fsp3) is 0.273. The summed E-state index contributed by atoms with van der Waals surface area (Å²) in [5, 5.41) is 14.6. The second-order valence-corrected chi connectivity index (χ2v) is 7.43. The highest BCUT2D eigenvalue weighted by Crippen LogP contribution is 2.39. The number of nitrogens with zero attached hydrogens (tertiary/aromatic N) is 1. The molecule has 0 saturated carbocycles. The van der Waals surface area contributed by atoms with Crippen molar-refractivity contribution < 1.29 is 19.3 Å². The second-order valence-electron chi connectivity index (χ2n) is 7.05. The van der Waals surface area contributed by atoms with Gasteiger partial charge < -0.3 is 24.6 Å². The summed E-state index contributed by atoms with van der Waals surface area (Å²) in [6.07, 6.45) is 0.747. The lowest BCUT2D eigenvalue weighted by Crippen LogP contribution is -2.35. The largest absolute Gasteiger partial charge is 0.495 e. The normalized spacial score (nSPS) is 15.3. The van der Waals surface area contributed by atoms with Crippen LogP contribution < -0.4 is 25.1 Å². The SMILES string of the molecule is COc1cc2c(cc1OC)C(c1c(O)n(-c3ccccc3OC)c(=S)[nH]c1=O)NCC2. The van der Waals surface area contributed by atoms with Crippen LogP contribution in [0.15, 0.2) is 41.2 Å². The molecule has 1 unspecified atom stereocenters. The number of rotatable bonds is 5. The number of methoxy groups -OCH3 is 3. The summed E-state index contributed by atoms with van der Waals surface area (Å²) in [7, 11) is 4.67. The molecule has 2 heterocycles. The van der Waals surface area contributed by atoms with Gasteiger partial charge in [0.2, 0.25) is 5.88 Å². The highest BCUT2D eigenvalue weighted by Gasteiger charge is 2.30. The maximum Gasteiger partial charge on any atom is 0.260 e. The molecule has 0 amide bonds. The van der Waals surface area contributed by atoms with E-state index in [1.54, 1.807) is 32.4 Å². The molecule has 1 aromatic heterocycles. The fourth-order valence-corrected chi connectivity index (χ4v) is 4.25. The van der Waals surface area contributed by atoms with Crippen molar-refractivity contribution in [3.05, 3.63) is 68.2 Å². The van der Waals surface area contributed by atoms with Crippen LogP contribution in [0.25, 0.3) is 5.69 Å². The number of nitrogens with one attached hydrogen (secondary N) is 2. The molecule has 0 aliphatic carbocycles. The van der Waals surface area contributed by atoms with E-state index in [4.69, 9.17) is 26.4 Å². The van der Waals surface area contributed by atoms with E-state index in [2.05, 4.69) is 10.3 Å². The molecule has 1 aliphatic rings. The minimum atomic E-state index is -0.566. The molecule has 0 spiro atoms. The maximum atomic E-state index is 13.0. The number of hydrogen-bond acceptors (Lipinski definition) is 7. The van der Waals surface area contributed by atoms with Crippen LogP contribution >= 0.6 is 12.2 Å². The van der Waals surface area contributed by atoms with Gasteiger partial charge in [-0.1, -0.05) is 12.1 Å². The van der Waals surface area contributed by atoms with Crippen molar-refractivity contribution in [1.82, 2.24) is 14.9 Å². The average molecular weight is 442 g/mol. The minimum Gasteiger partial charge on any atom is -0.495 e. The quantitative estimate of drug-likeness (QED) is 0.524. The van der Waals surface area contributed by atoms with Crippen LogP contribution in [0.2, 0.25) is 0 Å². The van der Waals surface area contributed by atoms with E-state index in [0.717, 1.165) is 17.5 Å². The Morgan fingerprint density at radius 2 is 1.74 bits per heavy atom. The van der Waals surface area contributed by atoms with Gasteiger partial charge in [-0.05, 0) is 54.0 Å². The highest BCUT2D eigenvalue weighted by molar-refractivity contribution is 7.71. The molecule has 31 heavy (non-hydrogen) atoms. The molecule has 0 bridgehead atoms. The smallest absolute Gasteiger partial charge is 0.260 e. The van der Waals surface area contributed by atoms with E-state index in [1.807, 2.05) is 18.2 Å². The van der Waals surface area contributed by atoms with E-state index in [9.17, 15) is 9.90 Å². The lowest BCUT2D eigenvalue weighted by Gasteiger charge is -2.29. The Labute approximate surface area is 184 Å². The topological polar surface area (TPSA) is 97.7 Å². The zero-order chi connectivity index (χ0) is 22.1. The predicted molar refractivity (Wildman–Crippen MR) is 119 cm³/mol. The number of fused-ring (bicyclic) bond motifs is 1. The minimum absolute atomic E-state index is 0.0686. The van der Waals surface area contributed by atoms with Gasteiger partial charge in [0.25, 0.3) is 5.56 Å². The first kappa shape index (κ1) is 21.0. The molecule has 2 aromatic carbocycles. The third-order valence-corrected chi connectivity index (χ3v) is 5.72. The summed E-state index contributed by atoms with van der Waals surface area (Å²) >= 11 is 5.36. The Hall–Kier alpha value is -3.30. The summed E-state index contributed by atoms with van der Waals surface area (Å²) in [5.74, 6) is 1.42. The van der Waals surface area contributed by atoms with Gasteiger partial charge in [-0.15, -0.1) is 0 Å². The van der Waals surface area contributed by atoms with Crippen LogP contribution in [0.5, 0.6) is 23.1 Å². The number of hydrogen-bond donors (Lipinski definition) is 3. The van der Waals surface area contributed by atoms with E-state index < -0.39 is 11.6 Å². The molecule has 4 rings (SSSR count). The van der Waals surface area contributed by atoms with Gasteiger partial charge in [0, 0.05) is 6.54 Å². The van der Waals surface area contributed by atoms with Crippen LogP contribution in [0.1, 0.15) is 22.7 Å². The van der Waals surface area contributed by atoms with Gasteiger partial charge >= 0.3 is 0 Å². The number of aromatic hydroxyl groups is 1. The Morgan fingerprint density at radius 3 is 2.45 bits per heavy atom. The molecule has 162 valence electrons. The fourth-order valence-electron chi connectivity index (χ4n) is 3.98. The van der Waals surface area contributed by atoms with Crippen LogP contribution in [-0.2, 0) is 6.42 Å². The van der Waals surface area contributed by atoms with Crippen LogP contribution in [0, 0.1) is 4.77 Å². The van der Waals surface area contributed by atoms with E-state index in [-0.39, 0.29) is 16.2 Å². The third-order valence-electron chi connectivity index (χ3n) is 5.43. The molecular weight excluding hydrogens is 418 g/mol. The van der Waals surface area contributed by atoms with Crippen molar-refractivity contribution in [2.24, 2.45) is 0 Å². The molecular formula is C22H23N3O5S. The first-order chi connectivity index (χ1) is 15.0. The first-order valence-corrected chi connectivity index (χ1v) is 10.1. The Balaban J connectivity index is 1.95. The Morgan fingerprint density at radius 1 is 1.06 bits per heavy atom. The van der Waals surface area contributed by atoms with Gasteiger partial charge in [0.15, 0.2) is 16.3 Å². The Kier molecular flexibility index (Phi) is 5.71. The van der Waals surface area contributed by atoms with Crippen LogP contribution in [-0.4, -0.2) is 42.5 Å². The molecule has 0 radical (unpaired) electrons. The van der Waals surface area contributed by atoms with Gasteiger partial charge in [0.05, 0.1) is 38.6 Å². The van der Waals surface area contributed by atoms with Crippen LogP contribution in [0.4, 0.5) is 0 Å². The molecule has 3 N–H and O–H groups in total. The second kappa shape index (κ2) is 8.44. The molecule has 9 heteroatoms. The van der Waals surface area contributed by atoms with Gasteiger partial charge in [-0.25, -0.2) is 0 Å². The van der Waals surface area contributed by atoms with Gasteiger partial charge in [-0.3, -0.25) is 14.3 Å². The van der Waals surface area contributed by atoms with Crippen molar-refractivity contribution >= 4 is 12.2 Å². The van der Waals surface area contributed by atoms with E-state index in [1.165, 1.54) is 11.7 Å². The standard InChI is InChI=1S/C22H23N3O5S/c1-28-15-7-5-4-6-14(15)25-21(27)18(20(26)24-22(25)31)19-13-11-17(30-3)16(29-2)10-12(13)8-9-23-19/h4-7,10-11,19,23,27H,8-9H2,1-3H3,(H,24,26,31). The molecule has 1 atom stereocenters. The van der Waals surface area contributed by atoms with E-state index in [0.29, 0.717) is 29.5 Å². The zero-order valence-corrected chi connectivity index (χ0v) is 18.2. The number of ether oxygens (including phenoxy) is 3. The van der Waals surface area contributed by atoms with E-state index >= 15 is 0 Å². The maximum absolute atomic E-state index is 13.0. The van der Waals surface area contributed by atoms with Crippen LogP contribution in [0.3, 0.4) is 0 Å². The first-order valence-electron chi connectivity index (χ1n) is 9.69. The van der Waals surface area contributed by atoms with Gasteiger partial charge in [0.1, 0.15) is 5.75 Å². The summed E-state index contributed by atoms with van der Waals surface area (Å²) in [4.78, 5) is 15.7. The Bertz CT molecular complexity index is 1250. The molecule has 0 saturated heterocycles. The molecule has 8 nitrogen and oxygen atoms in total. The zero-order valence-electron chi connectivity index (χ0n) is 17.4. The molecule has 3 aromatic rings. The van der Waals surface area contributed by atoms with Gasteiger partial charge in [-0.2, -0.15) is 0 Å². The number of benzene rings is 2. The van der Waals surface area contributed by atoms with Crippen molar-refractivity contribution in [3.8, 4) is 28.8 Å². The van der Waals surface area contributed by atoms with Crippen molar-refractivity contribution in [2.75, 3.05) is 27.9 Å². The molecule has 0 fully saturated rings. The lowest BCUT2D eigenvalue weighted by molar-refractivity contribution is 0.352. The summed E-state index contributed by atoms with van der Waals surface area (Å²) in [5.41, 5.74) is 2.05. The van der Waals surface area contributed by atoms with Crippen molar-refractivity contribution in [3.63, 3.8) is 0 Å². The monoisotopic (exact) mass is 441 g/mol. The number of para-hydroxylation sites is 2. The van der Waals surface area contributed by atoms with Crippen molar-refractivity contribution in [1.29, 1.82) is 0 Å². The molecule has 1 aliphatic heterocycles. The summed E-state index contributed by atoms with van der Waals surface area (Å²) in [6.45, 7) is 0.621. The highest BCUT2D eigenvalue weighted by atomic mass is 32.1. The average Bonchev–Trinajstić information content (AvgIpc) is 2.78. The third kappa shape index (κ3) is 3.55. The van der Waals surface area contributed by atoms with Crippen molar-refractivity contribution in [2.45, 2.75) is 12.5 Å². The predicted octanol–water partition coefficient (Wildman–Crippen LogP) is 2.86. The lowest BCUT2D eigenvalue weighted by atomic mass is 9.90. The summed E-state index contributed by atoms with van der Waals surface area (Å²) in [6, 6.07) is 10.3.